The predicted octanol–water partition coefficient (Wildman–Crippen LogP) is 4.13. The molecule has 0 radical (unpaired) electrons. The number of methoxy groups -OCH3 is 2. The summed E-state index contributed by atoms with van der Waals surface area (Å²) >= 11 is 0. The van der Waals surface area contributed by atoms with E-state index in [2.05, 4.69) is 10.4 Å². The molecule has 7 heteroatoms. The van der Waals surface area contributed by atoms with Gasteiger partial charge in [-0.1, -0.05) is 19.1 Å². The summed E-state index contributed by atoms with van der Waals surface area (Å²) in [4.78, 5) is 25.6. The van der Waals surface area contributed by atoms with Crippen LogP contribution in [0.1, 0.15) is 30.5 Å². The highest BCUT2D eigenvalue weighted by atomic mass is 16.5. The number of carbonyl (C=O) groups is 1. The average molecular weight is 421 g/mol. The fourth-order valence-corrected chi connectivity index (χ4v) is 3.29. The Morgan fingerprint density at radius 1 is 1.03 bits per heavy atom. The van der Waals surface area contributed by atoms with E-state index in [4.69, 9.17) is 9.47 Å². The van der Waals surface area contributed by atoms with Crippen molar-refractivity contribution in [1.29, 1.82) is 0 Å². The molecule has 1 N–H and O–H groups in total. The summed E-state index contributed by atoms with van der Waals surface area (Å²) in [5.41, 5.74) is 3.99. The summed E-state index contributed by atoms with van der Waals surface area (Å²) in [6, 6.07) is 13.5. The summed E-state index contributed by atoms with van der Waals surface area (Å²) in [5.74, 6) is 0.727. The lowest BCUT2D eigenvalue weighted by atomic mass is 10.0. The van der Waals surface area contributed by atoms with Crippen LogP contribution in [0, 0.1) is 13.8 Å². The fourth-order valence-electron chi connectivity index (χ4n) is 3.29. The van der Waals surface area contributed by atoms with E-state index in [-0.39, 0.29) is 11.5 Å². The van der Waals surface area contributed by atoms with Gasteiger partial charge in [-0.2, -0.15) is 5.10 Å². The zero-order valence-corrected chi connectivity index (χ0v) is 18.4. The molecule has 0 saturated heterocycles. The van der Waals surface area contributed by atoms with Crippen molar-refractivity contribution >= 4 is 11.6 Å². The van der Waals surface area contributed by atoms with Gasteiger partial charge in [0.25, 0.3) is 5.56 Å². The van der Waals surface area contributed by atoms with Crippen molar-refractivity contribution < 1.29 is 14.3 Å². The molecule has 0 aliphatic rings. The number of amides is 1. The van der Waals surface area contributed by atoms with E-state index in [1.807, 2.05) is 39.0 Å². The van der Waals surface area contributed by atoms with Gasteiger partial charge in [-0.05, 0) is 55.7 Å². The third-order valence-corrected chi connectivity index (χ3v) is 5.28. The molecule has 0 fully saturated rings. The molecule has 1 atom stereocenters. The standard InChI is InChI=1S/C24H27N3O4/c1-6-21(24(29)25-20-10-9-18(30-4)14-22(20)31-5)27-23(28)12-11-19(26-27)17-8-7-15(2)16(3)13-17/h7-14,21H,6H2,1-5H3,(H,25,29)/t21-/m1/s1. The Labute approximate surface area is 181 Å². The number of aryl methyl sites for hydroxylation is 2. The van der Waals surface area contributed by atoms with Crippen LogP contribution in [0.4, 0.5) is 5.69 Å². The molecule has 0 bridgehead atoms. The van der Waals surface area contributed by atoms with E-state index in [1.54, 1.807) is 31.4 Å². The third kappa shape index (κ3) is 4.77. The van der Waals surface area contributed by atoms with Crippen LogP contribution in [0.2, 0.25) is 0 Å². The second kappa shape index (κ2) is 9.47. The molecule has 2 aromatic carbocycles. The maximum Gasteiger partial charge on any atom is 0.267 e. The lowest BCUT2D eigenvalue weighted by Crippen LogP contribution is -2.34. The number of hydrogen-bond donors (Lipinski definition) is 1. The molecule has 1 aromatic heterocycles. The lowest BCUT2D eigenvalue weighted by molar-refractivity contribution is -0.119. The molecule has 3 aromatic rings. The number of benzene rings is 2. The zero-order chi connectivity index (χ0) is 22.5. The van der Waals surface area contributed by atoms with Gasteiger partial charge in [0.2, 0.25) is 5.91 Å². The highest BCUT2D eigenvalue weighted by molar-refractivity contribution is 5.95. The minimum Gasteiger partial charge on any atom is -0.497 e. The molecule has 1 heterocycles. The number of rotatable bonds is 7. The van der Waals surface area contributed by atoms with Gasteiger partial charge in [0.05, 0.1) is 25.6 Å². The first kappa shape index (κ1) is 22.1. The zero-order valence-electron chi connectivity index (χ0n) is 18.4. The molecule has 0 aliphatic heterocycles. The molecule has 0 aliphatic carbocycles. The van der Waals surface area contributed by atoms with Crippen molar-refractivity contribution in [3.8, 4) is 22.8 Å². The van der Waals surface area contributed by atoms with Crippen molar-refractivity contribution in [3.63, 3.8) is 0 Å². The molecule has 7 nitrogen and oxygen atoms in total. The van der Waals surface area contributed by atoms with Crippen molar-refractivity contribution in [2.24, 2.45) is 0 Å². The van der Waals surface area contributed by atoms with Crippen molar-refractivity contribution in [1.82, 2.24) is 9.78 Å². The maximum absolute atomic E-state index is 13.1. The summed E-state index contributed by atoms with van der Waals surface area (Å²) in [5, 5.41) is 7.36. The Hall–Kier alpha value is -3.61. The van der Waals surface area contributed by atoms with Crippen LogP contribution in [0.15, 0.2) is 53.3 Å². The van der Waals surface area contributed by atoms with Crippen molar-refractivity contribution in [2.75, 3.05) is 19.5 Å². The highest BCUT2D eigenvalue weighted by Crippen LogP contribution is 2.30. The van der Waals surface area contributed by atoms with Crippen LogP contribution in [-0.4, -0.2) is 29.9 Å². The first-order chi connectivity index (χ1) is 14.9. The lowest BCUT2D eigenvalue weighted by Gasteiger charge is -2.19. The van der Waals surface area contributed by atoms with Crippen LogP contribution in [0.3, 0.4) is 0 Å². The Morgan fingerprint density at radius 3 is 2.45 bits per heavy atom. The number of hydrogen-bond acceptors (Lipinski definition) is 5. The number of carbonyl (C=O) groups excluding carboxylic acids is 1. The maximum atomic E-state index is 13.1. The first-order valence-corrected chi connectivity index (χ1v) is 10.1. The molecule has 162 valence electrons. The largest absolute Gasteiger partial charge is 0.497 e. The van der Waals surface area contributed by atoms with Gasteiger partial charge in [0, 0.05) is 17.7 Å². The average Bonchev–Trinajstić information content (AvgIpc) is 2.77. The summed E-state index contributed by atoms with van der Waals surface area (Å²) in [7, 11) is 3.07. The molecule has 0 saturated carbocycles. The van der Waals surface area contributed by atoms with Crippen molar-refractivity contribution in [3.05, 3.63) is 70.0 Å². The minimum atomic E-state index is -0.772. The Kier molecular flexibility index (Phi) is 6.74. The summed E-state index contributed by atoms with van der Waals surface area (Å²) in [6.45, 7) is 5.91. The van der Waals surface area contributed by atoms with Crippen LogP contribution in [0.5, 0.6) is 11.5 Å². The van der Waals surface area contributed by atoms with E-state index in [0.717, 1.165) is 11.1 Å². The number of aromatic nitrogens is 2. The van der Waals surface area contributed by atoms with Gasteiger partial charge in [0.1, 0.15) is 17.5 Å². The topological polar surface area (TPSA) is 82.4 Å². The van der Waals surface area contributed by atoms with Crippen LogP contribution in [-0.2, 0) is 4.79 Å². The highest BCUT2D eigenvalue weighted by Gasteiger charge is 2.23. The van der Waals surface area contributed by atoms with Crippen LogP contribution >= 0.6 is 0 Å². The monoisotopic (exact) mass is 421 g/mol. The van der Waals surface area contributed by atoms with Gasteiger partial charge in [-0.3, -0.25) is 9.59 Å². The first-order valence-electron chi connectivity index (χ1n) is 10.1. The fraction of sp³-hybridized carbons (Fsp3) is 0.292. The van der Waals surface area contributed by atoms with E-state index in [9.17, 15) is 9.59 Å². The molecular weight excluding hydrogens is 394 g/mol. The second-order valence-corrected chi connectivity index (χ2v) is 7.28. The number of nitrogens with one attached hydrogen (secondary N) is 1. The Bertz CT molecular complexity index is 1150. The minimum absolute atomic E-state index is 0.337. The normalized spacial score (nSPS) is 11.6. The van der Waals surface area contributed by atoms with Crippen LogP contribution in [0.25, 0.3) is 11.3 Å². The summed E-state index contributed by atoms with van der Waals surface area (Å²) < 4.78 is 11.8. The second-order valence-electron chi connectivity index (χ2n) is 7.28. The third-order valence-electron chi connectivity index (χ3n) is 5.28. The SMILES string of the molecule is CC[C@H](C(=O)Nc1ccc(OC)cc1OC)n1nc(-c2ccc(C)c(C)c2)ccc1=O. The van der Waals surface area contributed by atoms with E-state index < -0.39 is 6.04 Å². The number of ether oxygens (including phenoxy) is 2. The summed E-state index contributed by atoms with van der Waals surface area (Å²) in [6.07, 6.45) is 0.396. The van der Waals surface area contributed by atoms with Crippen molar-refractivity contribution in [2.45, 2.75) is 33.2 Å². The molecule has 1 amide bonds. The molecule has 0 unspecified atom stereocenters. The Balaban J connectivity index is 1.94. The van der Waals surface area contributed by atoms with Gasteiger partial charge >= 0.3 is 0 Å². The van der Waals surface area contributed by atoms with Crippen LogP contribution < -0.4 is 20.3 Å². The van der Waals surface area contributed by atoms with Gasteiger partial charge in [-0.15, -0.1) is 0 Å². The quantitative estimate of drug-likeness (QED) is 0.620. The van der Waals surface area contributed by atoms with E-state index in [1.165, 1.54) is 23.4 Å². The number of anilines is 1. The molecular formula is C24H27N3O4. The van der Waals surface area contributed by atoms with E-state index in [0.29, 0.717) is 29.3 Å². The van der Waals surface area contributed by atoms with E-state index >= 15 is 0 Å². The van der Waals surface area contributed by atoms with Gasteiger partial charge in [0.15, 0.2) is 0 Å². The molecule has 31 heavy (non-hydrogen) atoms. The van der Waals surface area contributed by atoms with Gasteiger partial charge < -0.3 is 14.8 Å². The Morgan fingerprint density at radius 2 is 1.81 bits per heavy atom. The molecule has 0 spiro atoms. The smallest absolute Gasteiger partial charge is 0.267 e. The predicted molar refractivity (Wildman–Crippen MR) is 121 cm³/mol. The van der Waals surface area contributed by atoms with Gasteiger partial charge in [-0.25, -0.2) is 4.68 Å². The number of nitrogens with zero attached hydrogens (tertiary/aromatic N) is 2. The molecule has 3 rings (SSSR count).